The van der Waals surface area contributed by atoms with Crippen LogP contribution in [0.15, 0.2) is 41.4 Å². The van der Waals surface area contributed by atoms with E-state index in [2.05, 4.69) is 41.1 Å². The minimum absolute atomic E-state index is 0.347. The maximum Gasteiger partial charge on any atom is 0.298 e. The highest BCUT2D eigenvalue weighted by Crippen LogP contribution is 2.36. The lowest BCUT2D eigenvalue weighted by molar-refractivity contribution is 0.351. The van der Waals surface area contributed by atoms with Crippen LogP contribution in [0.1, 0.15) is 55.6 Å². The van der Waals surface area contributed by atoms with Gasteiger partial charge in [0, 0.05) is 29.6 Å². The Kier molecular flexibility index (Phi) is 6.82. The quantitative estimate of drug-likeness (QED) is 0.286. The summed E-state index contributed by atoms with van der Waals surface area (Å²) in [5.41, 5.74) is 3.83. The van der Waals surface area contributed by atoms with E-state index in [4.69, 9.17) is 21.3 Å². The Morgan fingerprint density at radius 2 is 1.78 bits per heavy atom. The number of rotatable bonds is 6. The molecule has 0 radical (unpaired) electrons. The molecule has 2 heterocycles. The number of aromatic nitrogens is 2. The van der Waals surface area contributed by atoms with E-state index in [1.807, 2.05) is 43.6 Å². The fraction of sp³-hybridized carbons (Fsp3) is 0.400. The van der Waals surface area contributed by atoms with Crippen LogP contribution in [0.2, 0.25) is 5.02 Å². The van der Waals surface area contributed by atoms with Gasteiger partial charge in [0.15, 0.2) is 5.82 Å². The topological polar surface area (TPSA) is 50.6 Å². The average Bonchev–Trinajstić information content (AvgIpc) is 3.26. The molecule has 0 atom stereocenters. The van der Waals surface area contributed by atoms with Crippen LogP contribution in [-0.4, -0.2) is 33.7 Å². The van der Waals surface area contributed by atoms with E-state index >= 15 is 0 Å². The molecule has 0 aliphatic carbocycles. The first-order valence-corrected chi connectivity index (χ1v) is 12.2. The monoisotopic (exact) mass is 468 g/mol. The number of hydrogen-bond donors (Lipinski definition) is 0. The smallest absolute Gasteiger partial charge is 0.298 e. The molecule has 32 heavy (non-hydrogen) atoms. The third kappa shape index (κ3) is 5.13. The summed E-state index contributed by atoms with van der Waals surface area (Å²) < 4.78 is 10.7. The molecule has 1 aliphatic rings. The number of likely N-dealkylation sites (tertiary alicyclic amines) is 1. The zero-order chi connectivity index (χ0) is 22.7. The van der Waals surface area contributed by atoms with Crippen LogP contribution >= 0.6 is 23.1 Å². The highest BCUT2D eigenvalue weighted by atomic mass is 35.5. The van der Waals surface area contributed by atoms with Gasteiger partial charge < -0.3 is 9.64 Å². The van der Waals surface area contributed by atoms with Gasteiger partial charge in [0.25, 0.3) is 5.19 Å². The molecule has 3 aromatic rings. The van der Waals surface area contributed by atoms with Crippen LogP contribution in [0.4, 0.5) is 5.69 Å². The number of hydrogen-bond acceptors (Lipinski definition) is 5. The van der Waals surface area contributed by atoms with Crippen molar-refractivity contribution in [1.29, 1.82) is 0 Å². The first-order chi connectivity index (χ1) is 15.3. The maximum atomic E-state index is 6.13. The lowest BCUT2D eigenvalue weighted by Crippen LogP contribution is -2.28. The Bertz CT molecular complexity index is 1100. The summed E-state index contributed by atoms with van der Waals surface area (Å²) in [5, 5.41) is 1.25. The van der Waals surface area contributed by atoms with Crippen molar-refractivity contribution in [3.05, 3.63) is 63.9 Å². The number of benzene rings is 2. The van der Waals surface area contributed by atoms with Crippen LogP contribution in [0.3, 0.4) is 0 Å². The summed E-state index contributed by atoms with van der Waals surface area (Å²) in [4.78, 5) is 11.7. The molecule has 1 aliphatic heterocycles. The summed E-state index contributed by atoms with van der Waals surface area (Å²) in [7, 11) is 0. The second-order valence-corrected chi connectivity index (χ2v) is 10.0. The minimum atomic E-state index is -0.347. The van der Waals surface area contributed by atoms with Gasteiger partial charge in [-0.3, -0.25) is 0 Å². The average molecular weight is 469 g/mol. The third-order valence-electron chi connectivity index (χ3n) is 5.97. The van der Waals surface area contributed by atoms with Crippen LogP contribution in [0, 0.1) is 13.8 Å². The van der Waals surface area contributed by atoms with E-state index in [0.29, 0.717) is 5.19 Å². The molecule has 1 saturated heterocycles. The van der Waals surface area contributed by atoms with E-state index in [9.17, 15) is 0 Å². The van der Waals surface area contributed by atoms with Gasteiger partial charge in [0.1, 0.15) is 5.75 Å². The SMILES string of the molecule is Cc1cc(Oc2nc(C(C)(C)c3ccc(Cl)cc3)ns2)c(C)cc1N=CN1CCCCC1. The van der Waals surface area contributed by atoms with Crippen molar-refractivity contribution in [1.82, 2.24) is 14.3 Å². The number of halogens is 1. The number of ether oxygens (including phenoxy) is 1. The lowest BCUT2D eigenvalue weighted by Gasteiger charge is -2.23. The highest BCUT2D eigenvalue weighted by molar-refractivity contribution is 7.07. The number of aryl methyl sites for hydroxylation is 2. The molecule has 0 N–H and O–H groups in total. The Morgan fingerprint density at radius 1 is 1.06 bits per heavy atom. The summed E-state index contributed by atoms with van der Waals surface area (Å²) in [6, 6.07) is 11.9. The molecule has 0 spiro atoms. The van der Waals surface area contributed by atoms with Crippen LogP contribution in [0.5, 0.6) is 10.9 Å². The Hall–Kier alpha value is -2.44. The van der Waals surface area contributed by atoms with E-state index in [1.54, 1.807) is 0 Å². The molecule has 0 saturated carbocycles. The van der Waals surface area contributed by atoms with Gasteiger partial charge >= 0.3 is 0 Å². The summed E-state index contributed by atoms with van der Waals surface area (Å²) in [6.45, 7) is 10.5. The van der Waals surface area contributed by atoms with Crippen LogP contribution in [0.25, 0.3) is 0 Å². The summed E-state index contributed by atoms with van der Waals surface area (Å²) in [6.07, 6.45) is 5.79. The molecule has 0 amide bonds. The first kappa shape index (κ1) is 22.7. The van der Waals surface area contributed by atoms with Gasteiger partial charge in [0.2, 0.25) is 0 Å². The predicted octanol–water partition coefficient (Wildman–Crippen LogP) is 7.07. The highest BCUT2D eigenvalue weighted by Gasteiger charge is 2.28. The molecule has 1 aromatic heterocycles. The normalized spacial score (nSPS) is 14.8. The zero-order valence-corrected chi connectivity index (χ0v) is 20.6. The van der Waals surface area contributed by atoms with Gasteiger partial charge in [-0.05, 0) is 87.9 Å². The molecule has 0 bridgehead atoms. The van der Waals surface area contributed by atoms with Crippen molar-refractivity contribution in [3.8, 4) is 10.9 Å². The maximum absolute atomic E-state index is 6.13. The van der Waals surface area contributed by atoms with Crippen LogP contribution < -0.4 is 4.74 Å². The van der Waals surface area contributed by atoms with Crippen LogP contribution in [-0.2, 0) is 5.41 Å². The van der Waals surface area contributed by atoms with Crippen molar-refractivity contribution < 1.29 is 4.74 Å². The van der Waals surface area contributed by atoms with E-state index in [1.165, 1.54) is 30.8 Å². The van der Waals surface area contributed by atoms with E-state index in [-0.39, 0.29) is 5.41 Å². The zero-order valence-electron chi connectivity index (χ0n) is 19.1. The number of aliphatic imine (C=N–C) groups is 1. The van der Waals surface area contributed by atoms with Crippen molar-refractivity contribution in [2.75, 3.05) is 13.1 Å². The Labute approximate surface area is 199 Å². The lowest BCUT2D eigenvalue weighted by atomic mass is 9.84. The van der Waals surface area contributed by atoms with Gasteiger partial charge in [-0.15, -0.1) is 0 Å². The second-order valence-electron chi connectivity index (χ2n) is 8.86. The molecule has 4 rings (SSSR count). The fourth-order valence-electron chi connectivity index (χ4n) is 3.80. The first-order valence-electron chi connectivity index (χ1n) is 11.0. The minimum Gasteiger partial charge on any atom is -0.430 e. The number of piperidine rings is 1. The van der Waals surface area contributed by atoms with Gasteiger partial charge in [-0.2, -0.15) is 9.36 Å². The summed E-state index contributed by atoms with van der Waals surface area (Å²) >= 11 is 7.31. The Morgan fingerprint density at radius 3 is 2.50 bits per heavy atom. The molecule has 0 unspecified atom stereocenters. The Balaban J connectivity index is 1.50. The molecular weight excluding hydrogens is 440 g/mol. The van der Waals surface area contributed by atoms with Crippen molar-refractivity contribution in [2.45, 2.75) is 52.4 Å². The molecule has 168 valence electrons. The predicted molar refractivity (Wildman–Crippen MR) is 133 cm³/mol. The third-order valence-corrected chi connectivity index (χ3v) is 6.82. The van der Waals surface area contributed by atoms with Crippen molar-refractivity contribution >= 4 is 35.2 Å². The van der Waals surface area contributed by atoms with E-state index in [0.717, 1.165) is 52.1 Å². The molecule has 1 fully saturated rings. The molecule has 2 aromatic carbocycles. The largest absolute Gasteiger partial charge is 0.430 e. The number of nitrogens with zero attached hydrogens (tertiary/aromatic N) is 4. The van der Waals surface area contributed by atoms with Crippen molar-refractivity contribution in [2.24, 2.45) is 4.99 Å². The molecule has 5 nitrogen and oxygen atoms in total. The standard InChI is InChI=1S/C25H29ClN4OS/c1-17-15-22(18(2)14-21(17)27-16-30-12-6-5-7-13-30)31-24-28-23(29-32-24)25(3,4)19-8-10-20(26)11-9-19/h8-11,14-16H,5-7,12-13H2,1-4H3. The van der Waals surface area contributed by atoms with E-state index < -0.39 is 0 Å². The van der Waals surface area contributed by atoms with Gasteiger partial charge in [-0.25, -0.2) is 4.99 Å². The molecular formula is C25H29ClN4OS. The summed E-state index contributed by atoms with van der Waals surface area (Å²) in [5.74, 6) is 1.52. The van der Waals surface area contributed by atoms with Gasteiger partial charge in [0.05, 0.1) is 17.4 Å². The van der Waals surface area contributed by atoms with Gasteiger partial charge in [-0.1, -0.05) is 23.7 Å². The second kappa shape index (κ2) is 9.59. The molecule has 7 heteroatoms. The fourth-order valence-corrected chi connectivity index (χ4v) is 4.61. The van der Waals surface area contributed by atoms with Crippen molar-refractivity contribution in [3.63, 3.8) is 0 Å².